The summed E-state index contributed by atoms with van der Waals surface area (Å²) in [6, 6.07) is 14.3. The number of aromatic amines is 1. The van der Waals surface area contributed by atoms with Crippen LogP contribution in [0.1, 0.15) is 36.5 Å². The van der Waals surface area contributed by atoms with E-state index in [1.54, 1.807) is 6.20 Å². The van der Waals surface area contributed by atoms with Gasteiger partial charge in [0.15, 0.2) is 0 Å². The summed E-state index contributed by atoms with van der Waals surface area (Å²) in [5.41, 5.74) is 3.81. The van der Waals surface area contributed by atoms with Crippen LogP contribution in [0.15, 0.2) is 48.7 Å². The van der Waals surface area contributed by atoms with Crippen LogP contribution in [0.5, 0.6) is 0 Å². The van der Waals surface area contributed by atoms with E-state index in [0.717, 1.165) is 47.1 Å². The minimum atomic E-state index is 0.123. The molecule has 1 unspecified atom stereocenters. The van der Waals surface area contributed by atoms with E-state index in [4.69, 9.17) is 0 Å². The number of amides is 1. The number of carbonyl (C=O) groups is 1. The highest BCUT2D eigenvalue weighted by molar-refractivity contribution is 6.07. The van der Waals surface area contributed by atoms with Crippen molar-refractivity contribution >= 4 is 16.8 Å². The highest BCUT2D eigenvalue weighted by Crippen LogP contribution is 2.28. The second kappa shape index (κ2) is 6.71. The molecule has 4 heteroatoms. The first kappa shape index (κ1) is 15.9. The third kappa shape index (κ3) is 3.16. The van der Waals surface area contributed by atoms with Crippen molar-refractivity contribution in [1.82, 2.24) is 15.1 Å². The third-order valence-corrected chi connectivity index (χ3v) is 5.09. The lowest BCUT2D eigenvalue weighted by Crippen LogP contribution is -2.34. The molecule has 1 amide bonds. The van der Waals surface area contributed by atoms with Crippen LogP contribution in [0.4, 0.5) is 0 Å². The van der Waals surface area contributed by atoms with Crippen molar-refractivity contribution < 1.29 is 4.79 Å². The fourth-order valence-electron chi connectivity index (χ4n) is 3.73. The molecule has 2 aromatic carbocycles. The molecule has 0 aliphatic carbocycles. The molecule has 0 saturated carbocycles. The number of fused-ring (bicyclic) bond motifs is 1. The first-order chi connectivity index (χ1) is 12.2. The summed E-state index contributed by atoms with van der Waals surface area (Å²) in [6.45, 7) is 3.92. The Morgan fingerprint density at radius 1 is 1.16 bits per heavy atom. The molecule has 2 heterocycles. The molecule has 1 atom stereocenters. The molecule has 4 nitrogen and oxygen atoms in total. The van der Waals surface area contributed by atoms with Crippen LogP contribution in [0.3, 0.4) is 0 Å². The summed E-state index contributed by atoms with van der Waals surface area (Å²) < 4.78 is 0. The second-order valence-corrected chi connectivity index (χ2v) is 7.07. The van der Waals surface area contributed by atoms with Crippen molar-refractivity contribution in [2.45, 2.75) is 26.2 Å². The molecule has 1 fully saturated rings. The Balaban J connectivity index is 1.77. The van der Waals surface area contributed by atoms with Crippen LogP contribution in [-0.4, -0.2) is 34.1 Å². The van der Waals surface area contributed by atoms with Crippen LogP contribution < -0.4 is 0 Å². The van der Waals surface area contributed by atoms with Gasteiger partial charge in [-0.15, -0.1) is 0 Å². The molecule has 0 radical (unpaired) electrons. The van der Waals surface area contributed by atoms with Gasteiger partial charge in [-0.3, -0.25) is 9.89 Å². The van der Waals surface area contributed by atoms with Crippen LogP contribution in [0.25, 0.3) is 22.0 Å². The van der Waals surface area contributed by atoms with Gasteiger partial charge in [-0.25, -0.2) is 0 Å². The number of likely N-dealkylation sites (tertiary alicyclic amines) is 1. The summed E-state index contributed by atoms with van der Waals surface area (Å²) >= 11 is 0. The molecule has 1 aliphatic rings. The molecule has 1 saturated heterocycles. The van der Waals surface area contributed by atoms with E-state index in [9.17, 15) is 4.79 Å². The van der Waals surface area contributed by atoms with Crippen molar-refractivity contribution in [3.05, 3.63) is 54.2 Å². The van der Waals surface area contributed by atoms with Gasteiger partial charge in [-0.1, -0.05) is 43.7 Å². The molecule has 3 aromatic rings. The number of H-pyrrole nitrogens is 1. The molecule has 0 spiro atoms. The average Bonchev–Trinajstić information content (AvgIpc) is 3.01. The maximum absolute atomic E-state index is 13.3. The van der Waals surface area contributed by atoms with Gasteiger partial charge in [0.05, 0.1) is 17.3 Å². The molecular formula is C21H23N3O. The van der Waals surface area contributed by atoms with E-state index >= 15 is 0 Å². The monoisotopic (exact) mass is 333 g/mol. The average molecular weight is 333 g/mol. The Bertz CT molecular complexity index is 885. The van der Waals surface area contributed by atoms with Gasteiger partial charge < -0.3 is 4.90 Å². The number of benzene rings is 2. The lowest BCUT2D eigenvalue weighted by Gasteiger charge is -2.23. The first-order valence-corrected chi connectivity index (χ1v) is 9.04. The normalized spacial score (nSPS) is 18.3. The minimum Gasteiger partial charge on any atom is -0.338 e. The van der Waals surface area contributed by atoms with Gasteiger partial charge in [0.25, 0.3) is 5.91 Å². The van der Waals surface area contributed by atoms with Crippen molar-refractivity contribution in [1.29, 1.82) is 0 Å². The summed E-state index contributed by atoms with van der Waals surface area (Å²) in [6.07, 6.45) is 5.26. The predicted octanol–water partition coefficient (Wildman–Crippen LogP) is 4.49. The van der Waals surface area contributed by atoms with Gasteiger partial charge in [0.2, 0.25) is 0 Å². The zero-order valence-electron chi connectivity index (χ0n) is 14.5. The van der Waals surface area contributed by atoms with Crippen LogP contribution in [0, 0.1) is 5.92 Å². The Morgan fingerprint density at radius 3 is 2.84 bits per heavy atom. The zero-order valence-corrected chi connectivity index (χ0v) is 14.5. The lowest BCUT2D eigenvalue weighted by molar-refractivity contribution is 0.0747. The van der Waals surface area contributed by atoms with Gasteiger partial charge in [-0.05, 0) is 42.0 Å². The molecule has 1 N–H and O–H groups in total. The molecule has 0 bridgehead atoms. The Kier molecular flexibility index (Phi) is 4.26. The van der Waals surface area contributed by atoms with Gasteiger partial charge in [0.1, 0.15) is 0 Å². The van der Waals surface area contributed by atoms with E-state index < -0.39 is 0 Å². The quantitative estimate of drug-likeness (QED) is 0.751. The highest BCUT2D eigenvalue weighted by Gasteiger charge is 2.23. The van der Waals surface area contributed by atoms with E-state index in [-0.39, 0.29) is 5.91 Å². The van der Waals surface area contributed by atoms with Crippen molar-refractivity contribution in [3.8, 4) is 11.1 Å². The second-order valence-electron chi connectivity index (χ2n) is 7.07. The molecule has 25 heavy (non-hydrogen) atoms. The Hall–Kier alpha value is -2.62. The van der Waals surface area contributed by atoms with E-state index in [2.05, 4.69) is 35.3 Å². The van der Waals surface area contributed by atoms with Crippen LogP contribution in [0.2, 0.25) is 0 Å². The Labute approximate surface area is 147 Å². The fourth-order valence-corrected chi connectivity index (χ4v) is 3.73. The fraction of sp³-hybridized carbons (Fsp3) is 0.333. The van der Waals surface area contributed by atoms with Crippen molar-refractivity contribution in [3.63, 3.8) is 0 Å². The molecule has 1 aliphatic heterocycles. The summed E-state index contributed by atoms with van der Waals surface area (Å²) in [7, 11) is 0. The van der Waals surface area contributed by atoms with Crippen LogP contribution in [-0.2, 0) is 0 Å². The van der Waals surface area contributed by atoms with Gasteiger partial charge >= 0.3 is 0 Å². The molecule has 4 rings (SSSR count). The van der Waals surface area contributed by atoms with E-state index in [1.807, 2.05) is 29.2 Å². The smallest absolute Gasteiger partial charge is 0.254 e. The standard InChI is InChI=1S/C21H23N3O/c1-15-7-5-6-10-24(14-15)21(25)18-11-17(16-8-3-2-4-9-16)12-20-19(18)13-22-23-20/h2-4,8-9,11-13,15H,5-7,10,14H2,1H3,(H,22,23). The topological polar surface area (TPSA) is 49.0 Å². The summed E-state index contributed by atoms with van der Waals surface area (Å²) in [4.78, 5) is 15.3. The SMILES string of the molecule is CC1CCCCN(C(=O)c2cc(-c3ccccc3)cc3[nH]ncc23)C1. The molecular weight excluding hydrogens is 310 g/mol. The van der Waals surface area contributed by atoms with Gasteiger partial charge in [-0.2, -0.15) is 5.10 Å². The number of aromatic nitrogens is 2. The Morgan fingerprint density at radius 2 is 2.00 bits per heavy atom. The number of nitrogens with one attached hydrogen (secondary N) is 1. The van der Waals surface area contributed by atoms with Crippen molar-refractivity contribution in [2.75, 3.05) is 13.1 Å². The number of carbonyl (C=O) groups excluding carboxylic acids is 1. The minimum absolute atomic E-state index is 0.123. The lowest BCUT2D eigenvalue weighted by atomic mass is 9.99. The van der Waals surface area contributed by atoms with Crippen molar-refractivity contribution in [2.24, 2.45) is 5.92 Å². The largest absolute Gasteiger partial charge is 0.338 e. The molecule has 1 aromatic heterocycles. The summed E-state index contributed by atoms with van der Waals surface area (Å²) in [5, 5.41) is 8.09. The van der Waals surface area contributed by atoms with E-state index in [1.165, 1.54) is 12.8 Å². The number of nitrogens with zero attached hydrogens (tertiary/aromatic N) is 2. The number of rotatable bonds is 2. The van der Waals surface area contributed by atoms with Crippen LogP contribution >= 0.6 is 0 Å². The third-order valence-electron chi connectivity index (χ3n) is 5.09. The zero-order chi connectivity index (χ0) is 17.2. The predicted molar refractivity (Wildman–Crippen MR) is 100 cm³/mol. The maximum Gasteiger partial charge on any atom is 0.254 e. The number of hydrogen-bond donors (Lipinski definition) is 1. The molecule has 128 valence electrons. The highest BCUT2D eigenvalue weighted by atomic mass is 16.2. The number of hydrogen-bond acceptors (Lipinski definition) is 2. The van der Waals surface area contributed by atoms with E-state index in [0.29, 0.717) is 5.92 Å². The van der Waals surface area contributed by atoms with Gasteiger partial charge in [0, 0.05) is 18.5 Å². The maximum atomic E-state index is 13.3. The summed E-state index contributed by atoms with van der Waals surface area (Å²) in [5.74, 6) is 0.682. The first-order valence-electron chi connectivity index (χ1n) is 9.04.